The van der Waals surface area contributed by atoms with Gasteiger partial charge in [-0.25, -0.2) is 0 Å². The maximum Gasteiger partial charge on any atom is 0.224 e. The highest BCUT2D eigenvalue weighted by molar-refractivity contribution is 5.76. The van der Waals surface area contributed by atoms with Crippen molar-refractivity contribution in [3.8, 4) is 0 Å². The molecule has 0 unspecified atom stereocenters. The average molecular weight is 242 g/mol. The van der Waals surface area contributed by atoms with E-state index in [0.29, 0.717) is 30.9 Å². The molecular formula is C13H26N2O2. The van der Waals surface area contributed by atoms with Crippen molar-refractivity contribution in [2.24, 2.45) is 11.8 Å². The fourth-order valence-corrected chi connectivity index (χ4v) is 2.56. The number of rotatable bonds is 5. The predicted molar refractivity (Wildman–Crippen MR) is 68.9 cm³/mol. The first-order chi connectivity index (χ1) is 7.97. The molecule has 4 heteroatoms. The number of nitrogens with zero attached hydrogens (tertiary/aromatic N) is 2. The number of methoxy groups -OCH3 is 1. The van der Waals surface area contributed by atoms with Gasteiger partial charge in [-0.2, -0.15) is 0 Å². The van der Waals surface area contributed by atoms with Crippen molar-refractivity contribution in [2.45, 2.75) is 26.3 Å². The Kier molecular flexibility index (Phi) is 5.40. The minimum Gasteiger partial charge on any atom is -0.384 e. The van der Waals surface area contributed by atoms with Gasteiger partial charge < -0.3 is 14.5 Å². The van der Waals surface area contributed by atoms with Crippen LogP contribution in [0.15, 0.2) is 0 Å². The van der Waals surface area contributed by atoms with E-state index in [9.17, 15) is 4.79 Å². The second-order valence-corrected chi connectivity index (χ2v) is 5.48. The molecule has 1 rings (SSSR count). The van der Waals surface area contributed by atoms with E-state index in [-0.39, 0.29) is 5.91 Å². The summed E-state index contributed by atoms with van der Waals surface area (Å²) in [6.45, 7) is 6.75. The zero-order chi connectivity index (χ0) is 13.0. The number of ether oxygens (including phenoxy) is 1. The monoisotopic (exact) mass is 242 g/mol. The molecule has 0 N–H and O–H groups in total. The molecule has 1 amide bonds. The third-order valence-electron chi connectivity index (χ3n) is 3.73. The maximum absolute atomic E-state index is 12.0. The molecule has 1 saturated heterocycles. The van der Waals surface area contributed by atoms with Crippen molar-refractivity contribution in [1.82, 2.24) is 9.80 Å². The van der Waals surface area contributed by atoms with Crippen LogP contribution in [-0.2, 0) is 9.53 Å². The molecule has 1 aliphatic heterocycles. The quantitative estimate of drug-likeness (QED) is 0.723. The second kappa shape index (κ2) is 6.36. The lowest BCUT2D eigenvalue weighted by Gasteiger charge is -2.27. The lowest BCUT2D eigenvalue weighted by atomic mass is 9.91. The van der Waals surface area contributed by atoms with Crippen molar-refractivity contribution in [3.63, 3.8) is 0 Å². The zero-order valence-corrected chi connectivity index (χ0v) is 11.8. The van der Waals surface area contributed by atoms with Crippen LogP contribution in [0, 0.1) is 11.8 Å². The van der Waals surface area contributed by atoms with Crippen LogP contribution in [0.1, 0.15) is 20.3 Å². The Hall–Kier alpha value is -0.610. The highest BCUT2D eigenvalue weighted by Gasteiger charge is 2.37. The first-order valence-electron chi connectivity index (χ1n) is 6.40. The molecule has 0 aromatic carbocycles. The number of hydrogen-bond donors (Lipinski definition) is 0. The summed E-state index contributed by atoms with van der Waals surface area (Å²) in [5, 5.41) is 0. The largest absolute Gasteiger partial charge is 0.384 e. The molecule has 0 radical (unpaired) electrons. The molecule has 0 aromatic rings. The van der Waals surface area contributed by atoms with Gasteiger partial charge in [0.2, 0.25) is 5.91 Å². The Morgan fingerprint density at radius 3 is 2.47 bits per heavy atom. The highest BCUT2D eigenvalue weighted by Crippen LogP contribution is 2.27. The molecular weight excluding hydrogens is 216 g/mol. The average Bonchev–Trinajstić information content (AvgIpc) is 2.70. The van der Waals surface area contributed by atoms with Crippen LogP contribution < -0.4 is 0 Å². The van der Waals surface area contributed by atoms with E-state index in [1.807, 2.05) is 4.90 Å². The summed E-state index contributed by atoms with van der Waals surface area (Å²) < 4.78 is 4.96. The highest BCUT2D eigenvalue weighted by atomic mass is 16.5. The lowest BCUT2D eigenvalue weighted by molar-refractivity contribution is -0.131. The fourth-order valence-electron chi connectivity index (χ4n) is 2.56. The van der Waals surface area contributed by atoms with E-state index in [4.69, 9.17) is 4.74 Å². The molecule has 2 atom stereocenters. The molecule has 0 spiro atoms. The maximum atomic E-state index is 12.0. The third-order valence-corrected chi connectivity index (χ3v) is 3.73. The normalized spacial score (nSPS) is 25.0. The van der Waals surface area contributed by atoms with Crippen molar-refractivity contribution < 1.29 is 9.53 Å². The Morgan fingerprint density at radius 2 is 2.06 bits per heavy atom. The summed E-state index contributed by atoms with van der Waals surface area (Å²) >= 11 is 0. The molecule has 1 aliphatic rings. The summed E-state index contributed by atoms with van der Waals surface area (Å²) in [5.41, 5.74) is 0. The Balaban J connectivity index is 2.59. The van der Waals surface area contributed by atoms with Gasteiger partial charge in [-0.05, 0) is 25.9 Å². The number of hydrogen-bond acceptors (Lipinski definition) is 3. The number of carbonyl (C=O) groups excluding carboxylic acids is 1. The Morgan fingerprint density at radius 1 is 1.41 bits per heavy atom. The third kappa shape index (κ3) is 3.68. The molecule has 17 heavy (non-hydrogen) atoms. The van der Waals surface area contributed by atoms with Crippen molar-refractivity contribution >= 4 is 5.91 Å². The van der Waals surface area contributed by atoms with E-state index < -0.39 is 0 Å². The van der Waals surface area contributed by atoms with Crippen molar-refractivity contribution in [3.05, 3.63) is 0 Å². The summed E-state index contributed by atoms with van der Waals surface area (Å²) in [4.78, 5) is 16.2. The van der Waals surface area contributed by atoms with Crippen LogP contribution in [0.2, 0.25) is 0 Å². The van der Waals surface area contributed by atoms with Crippen molar-refractivity contribution in [1.29, 1.82) is 0 Å². The van der Waals surface area contributed by atoms with Crippen LogP contribution in [0.4, 0.5) is 0 Å². The van der Waals surface area contributed by atoms with Crippen LogP contribution in [-0.4, -0.2) is 62.7 Å². The molecule has 0 aromatic heterocycles. The second-order valence-electron chi connectivity index (χ2n) is 5.48. The first-order valence-corrected chi connectivity index (χ1v) is 6.40. The molecule has 1 heterocycles. The minimum absolute atomic E-state index is 0.224. The van der Waals surface area contributed by atoms with E-state index >= 15 is 0 Å². The Labute approximate surface area is 105 Å². The van der Waals surface area contributed by atoms with Crippen LogP contribution in [0.25, 0.3) is 0 Å². The smallest absolute Gasteiger partial charge is 0.224 e. The summed E-state index contributed by atoms with van der Waals surface area (Å²) in [5.74, 6) is 1.42. The van der Waals surface area contributed by atoms with Gasteiger partial charge in [-0.1, -0.05) is 13.8 Å². The molecule has 4 nitrogen and oxygen atoms in total. The fraction of sp³-hybridized carbons (Fsp3) is 0.923. The van der Waals surface area contributed by atoms with E-state index in [2.05, 4.69) is 32.8 Å². The Bertz CT molecular complexity index is 238. The summed E-state index contributed by atoms with van der Waals surface area (Å²) in [6.07, 6.45) is 0.501. The topological polar surface area (TPSA) is 32.8 Å². The van der Waals surface area contributed by atoms with E-state index in [0.717, 1.165) is 13.1 Å². The summed E-state index contributed by atoms with van der Waals surface area (Å²) in [6, 6.07) is 0.487. The molecule has 100 valence electrons. The standard InChI is InChI=1S/C13H26N2O2/c1-10(2)11-8-15(9-12(11)14(3)4)13(16)6-7-17-5/h10-12H,6-9H2,1-5H3/t11-,12+/m1/s1. The molecule has 1 fully saturated rings. The first kappa shape index (κ1) is 14.5. The van der Waals surface area contributed by atoms with Gasteiger partial charge in [0.25, 0.3) is 0 Å². The number of likely N-dealkylation sites (N-methyl/N-ethyl adjacent to an activating group) is 1. The van der Waals surface area contributed by atoms with E-state index in [1.54, 1.807) is 7.11 Å². The number of carbonyl (C=O) groups is 1. The van der Waals surface area contributed by atoms with Crippen LogP contribution >= 0.6 is 0 Å². The van der Waals surface area contributed by atoms with Gasteiger partial charge >= 0.3 is 0 Å². The molecule has 0 saturated carbocycles. The molecule has 0 bridgehead atoms. The van der Waals surface area contributed by atoms with Crippen molar-refractivity contribution in [2.75, 3.05) is 40.9 Å². The van der Waals surface area contributed by atoms with Gasteiger partial charge in [0.15, 0.2) is 0 Å². The van der Waals surface area contributed by atoms with Gasteiger partial charge in [0.05, 0.1) is 13.0 Å². The predicted octanol–water partition coefficient (Wildman–Crippen LogP) is 1.07. The SMILES string of the molecule is COCCC(=O)N1C[C@H](C(C)C)[C@@H](N(C)C)C1. The number of amides is 1. The lowest BCUT2D eigenvalue weighted by Crippen LogP contribution is -2.37. The van der Waals surface area contributed by atoms with Gasteiger partial charge in [-0.3, -0.25) is 4.79 Å². The zero-order valence-electron chi connectivity index (χ0n) is 11.8. The van der Waals surface area contributed by atoms with Crippen LogP contribution in [0.3, 0.4) is 0 Å². The minimum atomic E-state index is 0.224. The van der Waals surface area contributed by atoms with E-state index in [1.165, 1.54) is 0 Å². The summed E-state index contributed by atoms with van der Waals surface area (Å²) in [7, 11) is 5.84. The van der Waals surface area contributed by atoms with Gasteiger partial charge in [0.1, 0.15) is 0 Å². The van der Waals surface area contributed by atoms with Gasteiger partial charge in [-0.15, -0.1) is 0 Å². The van der Waals surface area contributed by atoms with Crippen LogP contribution in [0.5, 0.6) is 0 Å². The molecule has 0 aliphatic carbocycles. The number of likely N-dealkylation sites (tertiary alicyclic amines) is 1. The van der Waals surface area contributed by atoms with Gasteiger partial charge in [0, 0.05) is 26.2 Å².